The fraction of sp³-hybridized carbons (Fsp3) is 0.423. The first-order valence-electron chi connectivity index (χ1n) is 12.4. The van der Waals surface area contributed by atoms with Gasteiger partial charge in [0.25, 0.3) is 0 Å². The minimum Gasteiger partial charge on any atom is -0.390 e. The number of pyridine rings is 1. The molecule has 0 bridgehead atoms. The maximum atomic E-state index is 11.3. The van der Waals surface area contributed by atoms with Crippen molar-refractivity contribution in [1.82, 2.24) is 24.8 Å². The number of hydrogen-bond acceptors (Lipinski definition) is 8. The summed E-state index contributed by atoms with van der Waals surface area (Å²) in [4.78, 5) is 13.4. The van der Waals surface area contributed by atoms with Crippen LogP contribution in [-0.2, 0) is 0 Å². The van der Waals surface area contributed by atoms with Crippen molar-refractivity contribution in [3.8, 4) is 0 Å². The zero-order chi connectivity index (χ0) is 25.0. The van der Waals surface area contributed by atoms with E-state index in [4.69, 9.17) is 5.73 Å². The van der Waals surface area contributed by atoms with Crippen molar-refractivity contribution in [3.05, 3.63) is 52.9 Å². The fourth-order valence-corrected chi connectivity index (χ4v) is 6.34. The van der Waals surface area contributed by atoms with E-state index >= 15 is 0 Å². The summed E-state index contributed by atoms with van der Waals surface area (Å²) in [7, 11) is 0. The molecule has 9 nitrogen and oxygen atoms in total. The first-order chi connectivity index (χ1) is 17.4. The number of nitrogens with zero attached hydrogens (tertiary/aromatic N) is 4. The minimum atomic E-state index is -0.890. The number of aliphatic hydroxyl groups excluding tert-OH is 2. The van der Waals surface area contributed by atoms with Gasteiger partial charge >= 0.3 is 0 Å². The molecular weight excluding hydrogens is 522 g/mol. The molecular formula is C26H30BrN7O2. The molecule has 1 aliphatic carbocycles. The molecule has 6 rings (SSSR count). The minimum absolute atomic E-state index is 0.0512. The van der Waals surface area contributed by atoms with Gasteiger partial charge in [-0.2, -0.15) is 0 Å². The second kappa shape index (κ2) is 8.95. The lowest BCUT2D eigenvalue weighted by atomic mass is 9.80. The van der Waals surface area contributed by atoms with Gasteiger partial charge in [-0.15, -0.1) is 0 Å². The van der Waals surface area contributed by atoms with Crippen LogP contribution in [-0.4, -0.2) is 55.0 Å². The van der Waals surface area contributed by atoms with Gasteiger partial charge in [0.2, 0.25) is 0 Å². The van der Waals surface area contributed by atoms with E-state index in [1.165, 1.54) is 0 Å². The summed E-state index contributed by atoms with van der Waals surface area (Å²) in [5, 5.41) is 31.4. The number of anilines is 2. The fourth-order valence-electron chi connectivity index (χ4n) is 6.00. The summed E-state index contributed by atoms with van der Waals surface area (Å²) in [6, 6.07) is 9.94. The molecule has 1 saturated heterocycles. The van der Waals surface area contributed by atoms with E-state index in [0.29, 0.717) is 18.8 Å². The van der Waals surface area contributed by atoms with E-state index in [9.17, 15) is 10.2 Å². The van der Waals surface area contributed by atoms with Crippen LogP contribution in [0.5, 0.6) is 0 Å². The molecule has 6 N–H and O–H groups in total. The third-order valence-electron chi connectivity index (χ3n) is 7.91. The number of aromatic nitrogens is 4. The van der Waals surface area contributed by atoms with E-state index in [-0.39, 0.29) is 12.1 Å². The summed E-state index contributed by atoms with van der Waals surface area (Å²) in [5.41, 5.74) is 8.27. The predicted molar refractivity (Wildman–Crippen MR) is 144 cm³/mol. The van der Waals surface area contributed by atoms with E-state index in [1.807, 2.05) is 29.0 Å². The number of nitrogen functional groups attached to an aromatic ring is 1. The molecule has 4 heterocycles. The van der Waals surface area contributed by atoms with Crippen LogP contribution in [0.3, 0.4) is 0 Å². The van der Waals surface area contributed by atoms with Gasteiger partial charge < -0.3 is 31.1 Å². The Morgan fingerprint density at radius 1 is 1.22 bits per heavy atom. The van der Waals surface area contributed by atoms with E-state index < -0.39 is 17.6 Å². The SMILES string of the molecule is CCCNc1ncnc2c1ccn2[C@@H]1C[C@@]2(CN[C@@H](c3ccc4cc(Br)c(N)nc4c3)C2)[C@@H](O)[C@H]1O. The number of nitrogens with one attached hydrogen (secondary N) is 2. The highest BCUT2D eigenvalue weighted by atomic mass is 79.9. The molecule has 0 amide bonds. The van der Waals surface area contributed by atoms with Crippen LogP contribution in [0.2, 0.25) is 0 Å². The first kappa shape index (κ1) is 23.6. The van der Waals surface area contributed by atoms with Gasteiger partial charge in [-0.25, -0.2) is 15.0 Å². The Bertz CT molecular complexity index is 1440. The van der Waals surface area contributed by atoms with Crippen LogP contribution < -0.4 is 16.4 Å². The molecule has 3 aromatic heterocycles. The molecule has 188 valence electrons. The van der Waals surface area contributed by atoms with Crippen LogP contribution >= 0.6 is 15.9 Å². The van der Waals surface area contributed by atoms with Gasteiger partial charge in [0.05, 0.1) is 27.5 Å². The number of halogens is 1. The largest absolute Gasteiger partial charge is 0.390 e. The predicted octanol–water partition coefficient (Wildman–Crippen LogP) is 3.53. The molecule has 10 heteroatoms. The Morgan fingerprint density at radius 3 is 2.92 bits per heavy atom. The van der Waals surface area contributed by atoms with Crippen molar-refractivity contribution < 1.29 is 10.2 Å². The summed E-state index contributed by atoms with van der Waals surface area (Å²) < 4.78 is 2.79. The highest BCUT2D eigenvalue weighted by Gasteiger charge is 2.56. The third-order valence-corrected chi connectivity index (χ3v) is 8.54. The zero-order valence-corrected chi connectivity index (χ0v) is 21.6. The average molecular weight is 552 g/mol. The zero-order valence-electron chi connectivity index (χ0n) is 20.0. The average Bonchev–Trinajstić information content (AvgIpc) is 3.57. The molecule has 1 aromatic carbocycles. The van der Waals surface area contributed by atoms with E-state index in [0.717, 1.165) is 57.2 Å². The summed E-state index contributed by atoms with van der Waals surface area (Å²) >= 11 is 3.44. The normalized spacial score (nSPS) is 28.0. The second-order valence-electron chi connectivity index (χ2n) is 10.1. The quantitative estimate of drug-likeness (QED) is 0.254. The molecule has 1 aliphatic heterocycles. The van der Waals surface area contributed by atoms with Gasteiger partial charge in [0.1, 0.15) is 29.7 Å². The van der Waals surface area contributed by atoms with Gasteiger partial charge in [0.15, 0.2) is 0 Å². The number of rotatable bonds is 5. The highest BCUT2D eigenvalue weighted by molar-refractivity contribution is 9.10. The van der Waals surface area contributed by atoms with E-state index in [1.54, 1.807) is 6.33 Å². The summed E-state index contributed by atoms with van der Waals surface area (Å²) in [5.74, 6) is 1.26. The Kier molecular flexibility index (Phi) is 5.87. The summed E-state index contributed by atoms with van der Waals surface area (Å²) in [6.07, 6.45) is 4.13. The lowest BCUT2D eigenvalue weighted by Crippen LogP contribution is -2.38. The maximum Gasteiger partial charge on any atom is 0.145 e. The number of fused-ring (bicyclic) bond motifs is 2. The molecule has 36 heavy (non-hydrogen) atoms. The standard InChI is InChI=1S/C26H30BrN7O2/c1-2-6-29-24-16-5-7-34(25(16)32-13-31-24)20-11-26(22(36)21(20)35)10-19(30-12-26)15-4-3-14-8-17(27)23(28)33-18(14)9-15/h3-5,7-9,13,19-22,30,35-36H,2,6,10-12H2,1H3,(H2,28,33)(H,29,31,32)/t19-,20-,21+,22+,26+/m1/s1. The molecule has 4 aromatic rings. The number of hydrogen-bond donors (Lipinski definition) is 5. The third kappa shape index (κ3) is 3.75. The van der Waals surface area contributed by atoms with Crippen molar-refractivity contribution in [1.29, 1.82) is 0 Å². The van der Waals surface area contributed by atoms with Crippen molar-refractivity contribution in [2.45, 2.75) is 50.5 Å². The molecule has 0 unspecified atom stereocenters. The van der Waals surface area contributed by atoms with Crippen molar-refractivity contribution in [2.75, 3.05) is 24.1 Å². The molecule has 2 fully saturated rings. The topological polar surface area (TPSA) is 134 Å². The summed E-state index contributed by atoms with van der Waals surface area (Å²) in [6.45, 7) is 3.56. The van der Waals surface area contributed by atoms with Gasteiger partial charge in [-0.05, 0) is 59.0 Å². The molecule has 2 aliphatic rings. The molecule has 5 atom stereocenters. The number of benzene rings is 1. The van der Waals surface area contributed by atoms with E-state index in [2.05, 4.69) is 60.6 Å². The Morgan fingerprint density at radius 2 is 2.08 bits per heavy atom. The lowest BCUT2D eigenvalue weighted by Gasteiger charge is -2.27. The van der Waals surface area contributed by atoms with Crippen molar-refractivity contribution >= 4 is 49.5 Å². The molecule has 1 spiro atoms. The van der Waals surface area contributed by atoms with Gasteiger partial charge in [-0.1, -0.05) is 19.1 Å². The number of aliphatic hydroxyl groups is 2. The molecule has 0 radical (unpaired) electrons. The van der Waals surface area contributed by atoms with Crippen LogP contribution in [0, 0.1) is 5.41 Å². The lowest BCUT2D eigenvalue weighted by molar-refractivity contribution is -0.0218. The first-order valence-corrected chi connectivity index (χ1v) is 13.2. The Balaban J connectivity index is 1.27. The number of nitrogens with two attached hydrogens (primary N) is 1. The maximum absolute atomic E-state index is 11.3. The van der Waals surface area contributed by atoms with Crippen LogP contribution in [0.15, 0.2) is 47.3 Å². The Hall–Kier alpha value is -2.79. The molecule has 1 saturated carbocycles. The van der Waals surface area contributed by atoms with Gasteiger partial charge in [-0.3, -0.25) is 0 Å². The van der Waals surface area contributed by atoms with Crippen LogP contribution in [0.1, 0.15) is 43.8 Å². The van der Waals surface area contributed by atoms with Crippen LogP contribution in [0.25, 0.3) is 21.9 Å². The van der Waals surface area contributed by atoms with Gasteiger partial charge in [0, 0.05) is 36.1 Å². The highest BCUT2D eigenvalue weighted by Crippen LogP contribution is 2.52. The second-order valence-corrected chi connectivity index (χ2v) is 11.0. The van der Waals surface area contributed by atoms with Crippen molar-refractivity contribution in [2.24, 2.45) is 5.41 Å². The monoisotopic (exact) mass is 551 g/mol. The van der Waals surface area contributed by atoms with Crippen molar-refractivity contribution in [3.63, 3.8) is 0 Å². The Labute approximate surface area is 217 Å². The van der Waals surface area contributed by atoms with Crippen LogP contribution in [0.4, 0.5) is 11.6 Å². The smallest absolute Gasteiger partial charge is 0.145 e.